The maximum Gasteiger partial charge on any atom is 0.254 e. The zero-order chi connectivity index (χ0) is 29.9. The summed E-state index contributed by atoms with van der Waals surface area (Å²) < 4.78 is 36.7. The molecular weight excluding hydrogens is 545 g/mol. The van der Waals surface area contributed by atoms with Crippen LogP contribution in [0.2, 0.25) is 0 Å². The lowest BCUT2D eigenvalue weighted by Gasteiger charge is -2.48. The topological polar surface area (TPSA) is 312 Å². The first-order valence-corrected chi connectivity index (χ1v) is 13.0. The van der Waals surface area contributed by atoms with Gasteiger partial charge in [-0.1, -0.05) is 0 Å². The maximum absolute atomic E-state index is 14.3. The van der Waals surface area contributed by atoms with Crippen LogP contribution >= 0.6 is 0 Å². The summed E-state index contributed by atoms with van der Waals surface area (Å²) in [5.74, 6) is -1.07. The van der Waals surface area contributed by atoms with E-state index in [0.29, 0.717) is 0 Å². The van der Waals surface area contributed by atoms with Crippen molar-refractivity contribution in [2.24, 2.45) is 22.9 Å². The summed E-state index contributed by atoms with van der Waals surface area (Å²) in [6.07, 6.45) is -20.9. The van der Waals surface area contributed by atoms with Gasteiger partial charge in [-0.2, -0.15) is 0 Å². The smallest absolute Gasteiger partial charge is 0.254 e. The summed E-state index contributed by atoms with van der Waals surface area (Å²) in [5, 5.41) is 74.5. The number of carbonyl (C=O) groups excluding carboxylic acids is 1. The highest BCUT2D eigenvalue weighted by Crippen LogP contribution is 2.32. The molecule has 16 atom stereocenters. The van der Waals surface area contributed by atoms with Crippen molar-refractivity contribution in [3.63, 3.8) is 0 Å². The van der Waals surface area contributed by atoms with Crippen LogP contribution in [0.4, 0.5) is 4.39 Å². The van der Waals surface area contributed by atoms with Gasteiger partial charge >= 0.3 is 0 Å². The van der Waals surface area contributed by atoms with E-state index in [1.165, 1.54) is 0 Å². The van der Waals surface area contributed by atoms with Crippen molar-refractivity contribution >= 4 is 5.91 Å². The van der Waals surface area contributed by atoms with Crippen LogP contribution in [0.3, 0.4) is 0 Å². The Morgan fingerprint density at radius 1 is 0.875 bits per heavy atom. The molecule has 1 aliphatic carbocycles. The molecule has 0 bridgehead atoms. The molecule has 0 radical (unpaired) electrons. The Kier molecular flexibility index (Phi) is 11.9. The molecular formula is C22H42FN5O12. The molecule has 1 amide bonds. The minimum atomic E-state index is -1.99. The quantitative estimate of drug-likeness (QED) is 0.113. The van der Waals surface area contributed by atoms with Crippen LogP contribution < -0.4 is 28.3 Å². The van der Waals surface area contributed by atoms with Crippen LogP contribution in [-0.4, -0.2) is 159 Å². The molecule has 3 rings (SSSR count). The van der Waals surface area contributed by atoms with Crippen LogP contribution in [0, 0.1) is 0 Å². The highest BCUT2D eigenvalue weighted by Gasteiger charge is 2.52. The number of hydrogen-bond acceptors (Lipinski definition) is 16. The maximum atomic E-state index is 14.3. The number of carbonyl (C=O) groups is 1. The Balaban J connectivity index is 1.85. The van der Waals surface area contributed by atoms with Crippen molar-refractivity contribution in [2.45, 2.75) is 111 Å². The summed E-state index contributed by atoms with van der Waals surface area (Å²) in [7, 11) is 0. The highest BCUT2D eigenvalue weighted by molar-refractivity contribution is 5.81. The van der Waals surface area contributed by atoms with E-state index in [-0.39, 0.29) is 25.9 Å². The van der Waals surface area contributed by atoms with Gasteiger partial charge in [0.05, 0.1) is 18.7 Å². The third-order valence-electron chi connectivity index (χ3n) is 7.47. The van der Waals surface area contributed by atoms with Gasteiger partial charge in [0.2, 0.25) is 0 Å². The molecule has 3 fully saturated rings. The lowest BCUT2D eigenvalue weighted by molar-refractivity contribution is -0.332. The van der Waals surface area contributed by atoms with Crippen LogP contribution in [0.1, 0.15) is 12.8 Å². The summed E-state index contributed by atoms with van der Waals surface area (Å²) >= 11 is 0. The van der Waals surface area contributed by atoms with E-state index in [1.54, 1.807) is 0 Å². The predicted molar refractivity (Wildman–Crippen MR) is 130 cm³/mol. The van der Waals surface area contributed by atoms with E-state index in [9.17, 15) is 44.9 Å². The average Bonchev–Trinajstić information content (AvgIpc) is 2.92. The summed E-state index contributed by atoms with van der Waals surface area (Å²) in [6, 6.07) is -3.60. The number of rotatable bonds is 10. The Bertz CT molecular complexity index is 820. The van der Waals surface area contributed by atoms with Crippen LogP contribution in [-0.2, 0) is 23.7 Å². The van der Waals surface area contributed by atoms with Crippen molar-refractivity contribution in [1.82, 2.24) is 5.32 Å². The van der Waals surface area contributed by atoms with Crippen LogP contribution in [0.15, 0.2) is 0 Å². The lowest BCUT2D eigenvalue weighted by atomic mass is 9.83. The number of halogens is 1. The van der Waals surface area contributed by atoms with E-state index >= 15 is 0 Å². The van der Waals surface area contributed by atoms with Crippen molar-refractivity contribution in [1.29, 1.82) is 0 Å². The second-order valence-corrected chi connectivity index (χ2v) is 10.3. The van der Waals surface area contributed by atoms with Gasteiger partial charge in [0, 0.05) is 12.6 Å². The van der Waals surface area contributed by atoms with E-state index in [4.69, 9.17) is 41.9 Å². The minimum absolute atomic E-state index is 0.115. The summed E-state index contributed by atoms with van der Waals surface area (Å²) in [4.78, 5) is 12.5. The number of hydrogen-bond donors (Lipinski definition) is 12. The van der Waals surface area contributed by atoms with Gasteiger partial charge in [-0.25, -0.2) is 4.39 Å². The molecule has 0 aromatic carbocycles. The second kappa shape index (κ2) is 14.3. The lowest BCUT2D eigenvalue weighted by Crippen LogP contribution is -2.69. The van der Waals surface area contributed by atoms with E-state index in [0.717, 1.165) is 0 Å². The van der Waals surface area contributed by atoms with Gasteiger partial charge < -0.3 is 82.9 Å². The molecule has 3 aliphatic rings. The Hall–Kier alpha value is -1.20. The fourth-order valence-electron chi connectivity index (χ4n) is 5.05. The monoisotopic (exact) mass is 587 g/mol. The van der Waals surface area contributed by atoms with Crippen molar-refractivity contribution in [3.05, 3.63) is 0 Å². The molecule has 0 spiro atoms. The molecule has 0 unspecified atom stereocenters. The van der Waals surface area contributed by atoms with E-state index in [1.807, 2.05) is 0 Å². The summed E-state index contributed by atoms with van der Waals surface area (Å²) in [6.45, 7) is -1.05. The number of ether oxygens (including phenoxy) is 4. The minimum Gasteiger partial charge on any atom is -0.394 e. The third kappa shape index (κ3) is 7.05. The van der Waals surface area contributed by atoms with Gasteiger partial charge in [0.1, 0.15) is 61.0 Å². The Labute approximate surface area is 229 Å². The van der Waals surface area contributed by atoms with Crippen LogP contribution in [0.25, 0.3) is 0 Å². The number of amides is 1. The van der Waals surface area contributed by atoms with Gasteiger partial charge in [-0.05, 0) is 19.4 Å². The molecule has 234 valence electrons. The molecule has 0 aromatic heterocycles. The zero-order valence-electron chi connectivity index (χ0n) is 21.6. The highest BCUT2D eigenvalue weighted by atomic mass is 19.1. The Morgan fingerprint density at radius 3 is 2.08 bits per heavy atom. The van der Waals surface area contributed by atoms with Crippen molar-refractivity contribution in [2.75, 3.05) is 19.7 Å². The van der Waals surface area contributed by atoms with E-state index < -0.39 is 110 Å². The van der Waals surface area contributed by atoms with E-state index in [2.05, 4.69) is 5.32 Å². The van der Waals surface area contributed by atoms with Crippen LogP contribution in [0.5, 0.6) is 0 Å². The second-order valence-electron chi connectivity index (χ2n) is 10.3. The fourth-order valence-corrected chi connectivity index (χ4v) is 5.05. The zero-order valence-corrected chi connectivity index (χ0v) is 21.6. The number of nitrogens with one attached hydrogen (secondary N) is 1. The first-order chi connectivity index (χ1) is 18.9. The van der Waals surface area contributed by atoms with Crippen molar-refractivity contribution in [3.8, 4) is 0 Å². The molecule has 40 heavy (non-hydrogen) atoms. The van der Waals surface area contributed by atoms with Gasteiger partial charge in [-0.15, -0.1) is 0 Å². The van der Waals surface area contributed by atoms with Gasteiger partial charge in [-0.3, -0.25) is 4.79 Å². The number of aliphatic hydroxyl groups excluding tert-OH is 7. The molecule has 16 N–H and O–H groups in total. The molecule has 2 aliphatic heterocycles. The third-order valence-corrected chi connectivity index (χ3v) is 7.47. The van der Waals surface area contributed by atoms with Gasteiger partial charge in [0.25, 0.3) is 5.91 Å². The number of aliphatic hydroxyl groups is 7. The molecule has 2 saturated heterocycles. The molecule has 2 heterocycles. The fraction of sp³-hybridized carbons (Fsp3) is 0.955. The molecule has 1 saturated carbocycles. The van der Waals surface area contributed by atoms with Crippen molar-refractivity contribution < 1.29 is 63.9 Å². The standard InChI is InChI=1S/C22H42FN5O12/c23-6(1-2-24)20(36)28-8-3-7(26)18(39-22-16(34)15(33)13(31)9(4-25)37-22)17(35)19(8)40-21-14(32)11(27)12(30)10(5-29)38-21/h6-19,21-22,29-35H,1-5,24-27H2,(H,28,36)/t6-,7-,8+,9+,10+,11-,12+,13+,14+,15-,16+,17-,18+,19-,21+,22+/m0/s1. The number of nitrogens with two attached hydrogens (primary N) is 4. The predicted octanol–water partition coefficient (Wildman–Crippen LogP) is -7.45. The molecule has 18 heteroatoms. The first-order valence-electron chi connectivity index (χ1n) is 13.0. The summed E-state index contributed by atoms with van der Waals surface area (Å²) in [5.41, 5.74) is 22.9. The number of alkyl halides is 1. The molecule has 17 nitrogen and oxygen atoms in total. The first kappa shape index (κ1) is 33.3. The Morgan fingerprint density at radius 2 is 1.48 bits per heavy atom. The average molecular weight is 588 g/mol. The normalized spacial score (nSPS) is 47.0. The largest absolute Gasteiger partial charge is 0.394 e. The molecule has 0 aromatic rings. The SMILES string of the molecule is NCC[C@H](F)C(=O)N[C@@H]1C[C@H](N)[C@@H](O[C@H]2O[C@H](CN)[C@@H](O)[C@H](O)[C@H]2O)[C@H](O)[C@H]1O[C@H]1O[C@H](CO)[C@@H](O)[C@H](N)[C@H]1O. The van der Waals surface area contributed by atoms with Gasteiger partial charge in [0.15, 0.2) is 18.8 Å².